The first-order chi connectivity index (χ1) is 10.2. The van der Waals surface area contributed by atoms with Crippen LogP contribution >= 0.6 is 15.9 Å². The summed E-state index contributed by atoms with van der Waals surface area (Å²) in [7, 11) is 0. The highest BCUT2D eigenvalue weighted by molar-refractivity contribution is 9.10. The van der Waals surface area contributed by atoms with Crippen molar-refractivity contribution in [1.82, 2.24) is 0 Å². The SMILES string of the molecule is O=[N+]([O-])c1cc(Br)ccc1N1CCCOc2ccccc21. The van der Waals surface area contributed by atoms with Crippen molar-refractivity contribution in [2.45, 2.75) is 6.42 Å². The lowest BCUT2D eigenvalue weighted by Crippen LogP contribution is -2.18. The molecule has 1 aliphatic rings. The van der Waals surface area contributed by atoms with Crippen LogP contribution in [0.5, 0.6) is 5.75 Å². The summed E-state index contributed by atoms with van der Waals surface area (Å²) in [6, 6.07) is 12.7. The Morgan fingerprint density at radius 2 is 2.00 bits per heavy atom. The van der Waals surface area contributed by atoms with Gasteiger partial charge in [0, 0.05) is 17.1 Å². The van der Waals surface area contributed by atoms with E-state index >= 15 is 0 Å². The third-order valence-corrected chi connectivity index (χ3v) is 3.86. The Bertz CT molecular complexity index is 690. The lowest BCUT2D eigenvalue weighted by atomic mass is 10.2. The summed E-state index contributed by atoms with van der Waals surface area (Å²) in [6.45, 7) is 1.29. The quantitative estimate of drug-likeness (QED) is 0.600. The molecule has 0 spiro atoms. The third-order valence-electron chi connectivity index (χ3n) is 3.36. The fraction of sp³-hybridized carbons (Fsp3) is 0.200. The molecule has 0 unspecified atom stereocenters. The molecule has 0 radical (unpaired) electrons. The normalized spacial score (nSPS) is 14.0. The Morgan fingerprint density at radius 1 is 1.19 bits per heavy atom. The van der Waals surface area contributed by atoms with Gasteiger partial charge in [-0.1, -0.05) is 28.1 Å². The molecule has 2 aromatic carbocycles. The zero-order valence-corrected chi connectivity index (χ0v) is 12.7. The smallest absolute Gasteiger partial charge is 0.294 e. The second-order valence-electron chi connectivity index (χ2n) is 4.71. The summed E-state index contributed by atoms with van der Waals surface area (Å²) < 4.78 is 6.40. The van der Waals surface area contributed by atoms with Gasteiger partial charge in [0.15, 0.2) is 0 Å². The Labute approximate surface area is 130 Å². The first-order valence-electron chi connectivity index (χ1n) is 6.60. The Morgan fingerprint density at radius 3 is 2.81 bits per heavy atom. The van der Waals surface area contributed by atoms with Gasteiger partial charge in [-0.25, -0.2) is 0 Å². The molecule has 0 atom stereocenters. The predicted molar refractivity (Wildman–Crippen MR) is 84.4 cm³/mol. The van der Waals surface area contributed by atoms with Crippen molar-refractivity contribution in [3.63, 3.8) is 0 Å². The number of para-hydroxylation sites is 2. The van der Waals surface area contributed by atoms with E-state index in [1.807, 2.05) is 35.2 Å². The van der Waals surface area contributed by atoms with Crippen LogP contribution in [0.1, 0.15) is 6.42 Å². The van der Waals surface area contributed by atoms with Crippen LogP contribution in [-0.2, 0) is 0 Å². The second-order valence-corrected chi connectivity index (χ2v) is 5.63. The molecule has 0 amide bonds. The number of fused-ring (bicyclic) bond motifs is 1. The minimum atomic E-state index is -0.353. The standard InChI is InChI=1S/C15H13BrN2O3/c16-11-6-7-12(14(10-11)18(19)20)17-8-3-9-21-15-5-2-1-4-13(15)17/h1-2,4-7,10H,3,8-9H2. The molecule has 21 heavy (non-hydrogen) atoms. The number of rotatable bonds is 2. The number of halogens is 1. The zero-order valence-electron chi connectivity index (χ0n) is 11.2. The molecular formula is C15H13BrN2O3. The molecular weight excluding hydrogens is 336 g/mol. The topological polar surface area (TPSA) is 55.6 Å². The molecule has 0 aromatic heterocycles. The molecule has 3 rings (SSSR count). The fourth-order valence-electron chi connectivity index (χ4n) is 2.45. The first-order valence-corrected chi connectivity index (χ1v) is 7.39. The highest BCUT2D eigenvalue weighted by atomic mass is 79.9. The maximum Gasteiger partial charge on any atom is 0.294 e. The highest BCUT2D eigenvalue weighted by Gasteiger charge is 2.24. The summed E-state index contributed by atoms with van der Waals surface area (Å²) in [5, 5.41) is 11.3. The van der Waals surface area contributed by atoms with E-state index in [0.29, 0.717) is 23.3 Å². The molecule has 1 heterocycles. The van der Waals surface area contributed by atoms with E-state index in [1.54, 1.807) is 6.07 Å². The van der Waals surface area contributed by atoms with Crippen LogP contribution in [-0.4, -0.2) is 18.1 Å². The van der Waals surface area contributed by atoms with Gasteiger partial charge in [-0.05, 0) is 30.7 Å². The molecule has 2 aromatic rings. The minimum Gasteiger partial charge on any atom is -0.491 e. The van der Waals surface area contributed by atoms with Gasteiger partial charge in [0.1, 0.15) is 11.4 Å². The summed E-state index contributed by atoms with van der Waals surface area (Å²) >= 11 is 3.29. The Balaban J connectivity index is 2.14. The van der Waals surface area contributed by atoms with E-state index in [2.05, 4.69) is 15.9 Å². The van der Waals surface area contributed by atoms with Crippen molar-refractivity contribution in [2.24, 2.45) is 0 Å². The number of ether oxygens (including phenoxy) is 1. The molecule has 0 saturated carbocycles. The average Bonchev–Trinajstić information content (AvgIpc) is 2.69. The van der Waals surface area contributed by atoms with E-state index in [9.17, 15) is 10.1 Å². The lowest BCUT2D eigenvalue weighted by molar-refractivity contribution is -0.384. The van der Waals surface area contributed by atoms with Crippen LogP contribution < -0.4 is 9.64 Å². The number of hydrogen-bond donors (Lipinski definition) is 0. The van der Waals surface area contributed by atoms with Gasteiger partial charge < -0.3 is 9.64 Å². The molecule has 0 saturated heterocycles. The number of nitro benzene ring substituents is 1. The fourth-order valence-corrected chi connectivity index (χ4v) is 2.80. The van der Waals surface area contributed by atoms with Gasteiger partial charge in [0.25, 0.3) is 5.69 Å². The number of benzene rings is 2. The summed E-state index contributed by atoms with van der Waals surface area (Å²) in [5.74, 6) is 0.757. The van der Waals surface area contributed by atoms with Gasteiger partial charge in [0.2, 0.25) is 0 Å². The molecule has 0 aliphatic carbocycles. The van der Waals surface area contributed by atoms with Gasteiger partial charge >= 0.3 is 0 Å². The van der Waals surface area contributed by atoms with E-state index in [1.165, 1.54) is 6.07 Å². The van der Waals surface area contributed by atoms with Crippen molar-refractivity contribution < 1.29 is 9.66 Å². The Kier molecular flexibility index (Phi) is 3.79. The molecule has 108 valence electrons. The average molecular weight is 349 g/mol. The van der Waals surface area contributed by atoms with Crippen molar-refractivity contribution in [2.75, 3.05) is 18.1 Å². The molecule has 1 aliphatic heterocycles. The van der Waals surface area contributed by atoms with Crippen molar-refractivity contribution >= 4 is 33.0 Å². The lowest BCUT2D eigenvalue weighted by Gasteiger charge is -2.23. The van der Waals surface area contributed by atoms with Gasteiger partial charge in [-0.15, -0.1) is 0 Å². The van der Waals surface area contributed by atoms with E-state index in [0.717, 1.165) is 17.9 Å². The van der Waals surface area contributed by atoms with Gasteiger partial charge in [-0.2, -0.15) is 0 Å². The van der Waals surface area contributed by atoms with E-state index in [4.69, 9.17) is 4.74 Å². The molecule has 0 fully saturated rings. The summed E-state index contributed by atoms with van der Waals surface area (Å²) in [5.41, 5.74) is 1.53. The molecule has 5 nitrogen and oxygen atoms in total. The van der Waals surface area contributed by atoms with Gasteiger partial charge in [0.05, 0.1) is 17.2 Å². The highest BCUT2D eigenvalue weighted by Crippen LogP contribution is 2.40. The van der Waals surface area contributed by atoms with Crippen molar-refractivity contribution in [3.05, 3.63) is 57.1 Å². The number of nitrogens with zero attached hydrogens (tertiary/aromatic N) is 2. The van der Waals surface area contributed by atoms with Crippen molar-refractivity contribution in [3.8, 4) is 5.75 Å². The Hall–Kier alpha value is -2.08. The maximum absolute atomic E-state index is 11.3. The molecule has 0 N–H and O–H groups in total. The van der Waals surface area contributed by atoms with Crippen LogP contribution in [0.2, 0.25) is 0 Å². The van der Waals surface area contributed by atoms with Gasteiger partial charge in [-0.3, -0.25) is 10.1 Å². The molecule has 0 bridgehead atoms. The maximum atomic E-state index is 11.3. The number of anilines is 2. The first kappa shape index (κ1) is 13.9. The van der Waals surface area contributed by atoms with Crippen LogP contribution in [0.25, 0.3) is 0 Å². The predicted octanol–water partition coefficient (Wildman–Crippen LogP) is 4.28. The number of nitro groups is 1. The van der Waals surface area contributed by atoms with E-state index in [-0.39, 0.29) is 10.6 Å². The van der Waals surface area contributed by atoms with Crippen LogP contribution in [0.15, 0.2) is 46.9 Å². The second kappa shape index (κ2) is 5.73. The van der Waals surface area contributed by atoms with Crippen LogP contribution in [0.4, 0.5) is 17.1 Å². The van der Waals surface area contributed by atoms with E-state index < -0.39 is 0 Å². The number of hydrogen-bond acceptors (Lipinski definition) is 4. The minimum absolute atomic E-state index is 0.0843. The summed E-state index contributed by atoms with van der Waals surface area (Å²) in [4.78, 5) is 12.9. The van der Waals surface area contributed by atoms with Crippen LogP contribution in [0, 0.1) is 10.1 Å². The zero-order chi connectivity index (χ0) is 14.8. The van der Waals surface area contributed by atoms with Crippen LogP contribution in [0.3, 0.4) is 0 Å². The third kappa shape index (κ3) is 2.71. The molecule has 6 heteroatoms. The summed E-state index contributed by atoms with van der Waals surface area (Å²) in [6.07, 6.45) is 0.807. The van der Waals surface area contributed by atoms with Crippen molar-refractivity contribution in [1.29, 1.82) is 0 Å². The monoisotopic (exact) mass is 348 g/mol. The largest absolute Gasteiger partial charge is 0.491 e.